The molecule has 0 atom stereocenters. The fraction of sp³-hybridized carbons (Fsp3) is 0.500. The van der Waals surface area contributed by atoms with Crippen molar-refractivity contribution in [3.8, 4) is 0 Å². The van der Waals surface area contributed by atoms with Gasteiger partial charge in [0.05, 0.1) is 6.42 Å². The molecule has 24 heavy (non-hydrogen) atoms. The van der Waals surface area contributed by atoms with Crippen LogP contribution in [-0.4, -0.2) is 52.8 Å². The minimum atomic E-state index is 0.0976. The number of aryl methyl sites for hydroxylation is 1. The maximum absolute atomic E-state index is 12.6. The number of nitrogens with zero attached hydrogens (tertiary/aromatic N) is 3. The fourth-order valence-electron chi connectivity index (χ4n) is 3.12. The number of benzene rings is 1. The molecule has 1 fully saturated rings. The summed E-state index contributed by atoms with van der Waals surface area (Å²) >= 11 is 0. The number of fused-ring (bicyclic) bond motifs is 1. The van der Waals surface area contributed by atoms with E-state index in [4.69, 9.17) is 4.42 Å². The quantitative estimate of drug-likeness (QED) is 0.865. The number of carbonyl (C=O) groups excluding carboxylic acids is 2. The number of aromatic nitrogens is 1. The fourth-order valence-corrected chi connectivity index (χ4v) is 3.12. The summed E-state index contributed by atoms with van der Waals surface area (Å²) in [6.07, 6.45) is 1.70. The van der Waals surface area contributed by atoms with E-state index in [-0.39, 0.29) is 11.8 Å². The highest BCUT2D eigenvalue weighted by atomic mass is 16.3. The van der Waals surface area contributed by atoms with Gasteiger partial charge in [-0.15, -0.1) is 0 Å². The lowest BCUT2D eigenvalue weighted by molar-refractivity contribution is -0.133. The van der Waals surface area contributed by atoms with Crippen LogP contribution in [0.25, 0.3) is 11.1 Å². The normalized spacial score (nSPS) is 15.6. The van der Waals surface area contributed by atoms with Crippen LogP contribution in [0.15, 0.2) is 22.6 Å². The predicted octanol–water partition coefficient (Wildman–Crippen LogP) is 2.15. The lowest BCUT2D eigenvalue weighted by atomic mass is 10.1. The first-order valence-corrected chi connectivity index (χ1v) is 8.48. The molecule has 2 heterocycles. The number of oxazole rings is 1. The summed E-state index contributed by atoms with van der Waals surface area (Å²) in [7, 11) is 0. The van der Waals surface area contributed by atoms with Gasteiger partial charge in [0, 0.05) is 39.5 Å². The standard InChI is InChI=1S/C18H23N3O3/c1-3-17(22)20-7-4-8-21(10-9-20)18(23)12-14-5-6-16-15(11-14)19-13(2)24-16/h5-6,11H,3-4,7-10,12H2,1-2H3. The lowest BCUT2D eigenvalue weighted by Gasteiger charge is -2.22. The third kappa shape index (κ3) is 3.58. The number of carbonyl (C=O) groups is 2. The molecule has 0 bridgehead atoms. The van der Waals surface area contributed by atoms with Crippen LogP contribution in [0.3, 0.4) is 0 Å². The number of hydrogen-bond acceptors (Lipinski definition) is 4. The summed E-state index contributed by atoms with van der Waals surface area (Å²) in [6, 6.07) is 5.69. The van der Waals surface area contributed by atoms with Crippen molar-refractivity contribution < 1.29 is 14.0 Å². The highest BCUT2D eigenvalue weighted by Crippen LogP contribution is 2.18. The average Bonchev–Trinajstić information content (AvgIpc) is 2.78. The molecule has 1 aromatic carbocycles. The van der Waals surface area contributed by atoms with Gasteiger partial charge in [-0.3, -0.25) is 9.59 Å². The average molecular weight is 329 g/mol. The highest BCUT2D eigenvalue weighted by Gasteiger charge is 2.21. The van der Waals surface area contributed by atoms with Crippen molar-refractivity contribution in [1.29, 1.82) is 0 Å². The molecule has 0 aliphatic carbocycles. The van der Waals surface area contributed by atoms with Gasteiger partial charge in [0.2, 0.25) is 11.8 Å². The van der Waals surface area contributed by atoms with E-state index in [2.05, 4.69) is 4.98 Å². The maximum Gasteiger partial charge on any atom is 0.227 e. The van der Waals surface area contributed by atoms with Crippen LogP contribution in [0.2, 0.25) is 0 Å². The van der Waals surface area contributed by atoms with Crippen molar-refractivity contribution in [2.45, 2.75) is 33.1 Å². The van der Waals surface area contributed by atoms with E-state index in [0.29, 0.717) is 38.4 Å². The van der Waals surface area contributed by atoms with Gasteiger partial charge in [-0.2, -0.15) is 0 Å². The van der Waals surface area contributed by atoms with Crippen molar-refractivity contribution in [3.05, 3.63) is 29.7 Å². The number of hydrogen-bond donors (Lipinski definition) is 0. The zero-order valence-corrected chi connectivity index (χ0v) is 14.2. The molecule has 1 saturated heterocycles. The van der Waals surface area contributed by atoms with Crippen molar-refractivity contribution in [2.24, 2.45) is 0 Å². The minimum Gasteiger partial charge on any atom is -0.441 e. The zero-order chi connectivity index (χ0) is 17.1. The second kappa shape index (κ2) is 7.03. The van der Waals surface area contributed by atoms with Crippen LogP contribution in [0, 0.1) is 6.92 Å². The molecule has 0 N–H and O–H groups in total. The van der Waals surface area contributed by atoms with E-state index in [9.17, 15) is 9.59 Å². The zero-order valence-electron chi connectivity index (χ0n) is 14.2. The Hall–Kier alpha value is -2.37. The van der Waals surface area contributed by atoms with Crippen molar-refractivity contribution in [2.75, 3.05) is 26.2 Å². The highest BCUT2D eigenvalue weighted by molar-refractivity contribution is 5.81. The Bertz CT molecular complexity index is 753. The smallest absolute Gasteiger partial charge is 0.227 e. The molecule has 1 aromatic heterocycles. The second-order valence-corrected chi connectivity index (χ2v) is 6.18. The topological polar surface area (TPSA) is 66.7 Å². The molecule has 1 aliphatic rings. The molecule has 3 rings (SSSR count). The van der Waals surface area contributed by atoms with Crippen molar-refractivity contribution in [1.82, 2.24) is 14.8 Å². The summed E-state index contributed by atoms with van der Waals surface area (Å²) in [5.41, 5.74) is 2.46. The molecule has 1 aliphatic heterocycles. The van der Waals surface area contributed by atoms with Gasteiger partial charge in [0.1, 0.15) is 5.52 Å². The van der Waals surface area contributed by atoms with E-state index in [1.54, 1.807) is 0 Å². The van der Waals surface area contributed by atoms with Gasteiger partial charge in [0.25, 0.3) is 0 Å². The van der Waals surface area contributed by atoms with Crippen LogP contribution >= 0.6 is 0 Å². The first-order chi connectivity index (χ1) is 11.6. The Kier molecular flexibility index (Phi) is 4.83. The van der Waals surface area contributed by atoms with Gasteiger partial charge in [-0.05, 0) is 24.1 Å². The molecular weight excluding hydrogens is 306 g/mol. The Morgan fingerprint density at radius 2 is 1.83 bits per heavy atom. The monoisotopic (exact) mass is 329 g/mol. The van der Waals surface area contributed by atoms with Gasteiger partial charge >= 0.3 is 0 Å². The SMILES string of the molecule is CCC(=O)N1CCCN(C(=O)Cc2ccc3oc(C)nc3c2)CC1. The Balaban J connectivity index is 1.64. The lowest BCUT2D eigenvalue weighted by Crippen LogP contribution is -2.37. The third-order valence-electron chi connectivity index (χ3n) is 4.42. The molecule has 6 nitrogen and oxygen atoms in total. The molecule has 6 heteroatoms. The van der Waals surface area contributed by atoms with E-state index in [0.717, 1.165) is 29.6 Å². The first-order valence-electron chi connectivity index (χ1n) is 8.48. The summed E-state index contributed by atoms with van der Waals surface area (Å²) in [4.78, 5) is 32.4. The van der Waals surface area contributed by atoms with E-state index in [1.165, 1.54) is 0 Å². The van der Waals surface area contributed by atoms with E-state index < -0.39 is 0 Å². The van der Waals surface area contributed by atoms with Crippen molar-refractivity contribution in [3.63, 3.8) is 0 Å². The molecule has 0 saturated carbocycles. The van der Waals surface area contributed by atoms with Crippen LogP contribution in [-0.2, 0) is 16.0 Å². The molecular formula is C18H23N3O3. The molecule has 0 radical (unpaired) electrons. The summed E-state index contributed by atoms with van der Waals surface area (Å²) < 4.78 is 5.46. The van der Waals surface area contributed by atoms with E-state index in [1.807, 2.05) is 41.8 Å². The number of amides is 2. The second-order valence-electron chi connectivity index (χ2n) is 6.18. The molecule has 2 aromatic rings. The van der Waals surface area contributed by atoms with Gasteiger partial charge < -0.3 is 14.2 Å². The number of rotatable bonds is 3. The summed E-state index contributed by atoms with van der Waals surface area (Å²) in [6.45, 7) is 6.36. The van der Waals surface area contributed by atoms with Gasteiger partial charge in [-0.25, -0.2) is 4.98 Å². The largest absolute Gasteiger partial charge is 0.441 e. The van der Waals surface area contributed by atoms with Crippen LogP contribution in [0.4, 0.5) is 0 Å². The molecule has 0 spiro atoms. The summed E-state index contributed by atoms with van der Waals surface area (Å²) in [5, 5.41) is 0. The molecule has 128 valence electrons. The minimum absolute atomic E-state index is 0.0976. The maximum atomic E-state index is 12.6. The van der Waals surface area contributed by atoms with Crippen LogP contribution in [0.5, 0.6) is 0 Å². The summed E-state index contributed by atoms with van der Waals surface area (Å²) in [5.74, 6) is 0.887. The Morgan fingerprint density at radius 1 is 1.12 bits per heavy atom. The predicted molar refractivity (Wildman–Crippen MR) is 90.5 cm³/mol. The molecule has 2 amide bonds. The third-order valence-corrected chi connectivity index (χ3v) is 4.42. The van der Waals surface area contributed by atoms with Gasteiger partial charge in [0.15, 0.2) is 11.5 Å². The van der Waals surface area contributed by atoms with Crippen molar-refractivity contribution >= 4 is 22.9 Å². The van der Waals surface area contributed by atoms with Gasteiger partial charge in [-0.1, -0.05) is 13.0 Å². The van der Waals surface area contributed by atoms with Crippen LogP contribution in [0.1, 0.15) is 31.2 Å². The Morgan fingerprint density at radius 3 is 2.54 bits per heavy atom. The van der Waals surface area contributed by atoms with E-state index >= 15 is 0 Å². The first kappa shape index (κ1) is 16.5. The Labute approximate surface area is 141 Å². The van der Waals surface area contributed by atoms with Crippen LogP contribution < -0.4 is 0 Å². The molecule has 0 unspecified atom stereocenters.